The highest BCUT2D eigenvalue weighted by atomic mass is 16.5. The van der Waals surface area contributed by atoms with Crippen molar-refractivity contribution in [3.63, 3.8) is 0 Å². The minimum absolute atomic E-state index is 0.0140. The van der Waals surface area contributed by atoms with Crippen molar-refractivity contribution in [3.8, 4) is 5.75 Å². The molecule has 28 heavy (non-hydrogen) atoms. The summed E-state index contributed by atoms with van der Waals surface area (Å²) in [5, 5.41) is 13.6. The number of nitrogens with one attached hydrogen (secondary N) is 1. The molecule has 0 radical (unpaired) electrons. The van der Waals surface area contributed by atoms with Crippen LogP contribution < -0.4 is 10.1 Å². The van der Waals surface area contributed by atoms with Gasteiger partial charge in [-0.1, -0.05) is 30.3 Å². The molecule has 0 bridgehead atoms. The van der Waals surface area contributed by atoms with Crippen LogP contribution >= 0.6 is 0 Å². The van der Waals surface area contributed by atoms with E-state index >= 15 is 0 Å². The fraction of sp³-hybridized carbons (Fsp3) is 0.333. The average molecular weight is 384 g/mol. The number of ether oxygens (including phenoxy) is 2. The van der Waals surface area contributed by atoms with E-state index in [1.807, 2.05) is 24.3 Å². The van der Waals surface area contributed by atoms with Crippen LogP contribution in [-0.2, 0) is 20.9 Å². The fourth-order valence-electron chi connectivity index (χ4n) is 3.30. The van der Waals surface area contributed by atoms with Gasteiger partial charge in [0.05, 0.1) is 19.8 Å². The summed E-state index contributed by atoms with van der Waals surface area (Å²) in [6, 6.07) is 13.9. The number of methoxy groups -OCH3 is 1. The number of carbonyl (C=O) groups is 2. The number of rotatable bonds is 6. The van der Waals surface area contributed by atoms with Crippen molar-refractivity contribution in [1.29, 1.82) is 0 Å². The predicted octanol–water partition coefficient (Wildman–Crippen LogP) is 2.11. The minimum Gasteiger partial charge on any atom is -0.496 e. The van der Waals surface area contributed by atoms with Crippen LogP contribution in [0.5, 0.6) is 5.75 Å². The Hall–Kier alpha value is -2.90. The molecule has 2 atom stereocenters. The van der Waals surface area contributed by atoms with Gasteiger partial charge in [-0.05, 0) is 23.8 Å². The summed E-state index contributed by atoms with van der Waals surface area (Å²) in [4.78, 5) is 25.3. The zero-order valence-electron chi connectivity index (χ0n) is 15.9. The summed E-state index contributed by atoms with van der Waals surface area (Å²) in [5.41, 5.74) is 2.14. The van der Waals surface area contributed by atoms with Gasteiger partial charge in [0.15, 0.2) is 0 Å². The molecule has 2 unspecified atom stereocenters. The summed E-state index contributed by atoms with van der Waals surface area (Å²) >= 11 is 0. The van der Waals surface area contributed by atoms with Crippen molar-refractivity contribution in [1.82, 2.24) is 4.90 Å². The molecule has 0 aromatic heterocycles. The molecule has 1 saturated heterocycles. The van der Waals surface area contributed by atoms with Gasteiger partial charge < -0.3 is 24.8 Å². The van der Waals surface area contributed by atoms with E-state index in [1.54, 1.807) is 36.3 Å². The number of carbonyl (C=O) groups excluding carboxylic acids is 2. The monoisotopic (exact) mass is 384 g/mol. The maximum atomic E-state index is 12.5. The molecule has 1 heterocycles. The van der Waals surface area contributed by atoms with Gasteiger partial charge in [-0.25, -0.2) is 0 Å². The van der Waals surface area contributed by atoms with Crippen LogP contribution in [0.1, 0.15) is 24.2 Å². The maximum Gasteiger partial charge on any atom is 0.249 e. The molecule has 2 amide bonds. The third kappa shape index (κ3) is 4.49. The van der Waals surface area contributed by atoms with Crippen molar-refractivity contribution in [2.24, 2.45) is 0 Å². The molecule has 3 rings (SSSR count). The highest BCUT2D eigenvalue weighted by Gasteiger charge is 2.35. The number of aliphatic hydroxyl groups excluding tert-OH is 1. The largest absolute Gasteiger partial charge is 0.496 e. The van der Waals surface area contributed by atoms with Crippen molar-refractivity contribution in [2.45, 2.75) is 25.6 Å². The van der Waals surface area contributed by atoms with Crippen LogP contribution in [0.2, 0.25) is 0 Å². The van der Waals surface area contributed by atoms with Crippen LogP contribution in [-0.4, -0.2) is 48.2 Å². The van der Waals surface area contributed by atoms with Gasteiger partial charge in [-0.2, -0.15) is 0 Å². The lowest BCUT2D eigenvalue weighted by atomic mass is 9.99. The van der Waals surface area contributed by atoms with E-state index in [0.717, 1.165) is 5.56 Å². The number of anilines is 1. The second-order valence-corrected chi connectivity index (χ2v) is 6.66. The van der Waals surface area contributed by atoms with Crippen LogP contribution in [0.25, 0.3) is 0 Å². The molecule has 1 fully saturated rings. The number of morpholine rings is 1. The van der Waals surface area contributed by atoms with Crippen LogP contribution in [0, 0.1) is 0 Å². The van der Waals surface area contributed by atoms with Gasteiger partial charge in [0, 0.05) is 24.7 Å². The van der Waals surface area contributed by atoms with Crippen LogP contribution in [0.15, 0.2) is 48.5 Å². The topological polar surface area (TPSA) is 88.1 Å². The van der Waals surface area contributed by atoms with Gasteiger partial charge in [0.25, 0.3) is 0 Å². The minimum atomic E-state index is -0.926. The van der Waals surface area contributed by atoms with Crippen molar-refractivity contribution in [3.05, 3.63) is 59.7 Å². The molecule has 2 aromatic rings. The summed E-state index contributed by atoms with van der Waals surface area (Å²) in [7, 11) is 1.59. The number of nitrogens with zero attached hydrogens (tertiary/aromatic N) is 1. The molecule has 0 aliphatic carbocycles. The van der Waals surface area contributed by atoms with E-state index in [9.17, 15) is 14.7 Å². The smallest absolute Gasteiger partial charge is 0.249 e. The summed E-state index contributed by atoms with van der Waals surface area (Å²) in [6.07, 6.45) is -0.926. The first-order chi connectivity index (χ1) is 13.5. The van der Waals surface area contributed by atoms with E-state index in [4.69, 9.17) is 9.47 Å². The Morgan fingerprint density at radius 1 is 1.29 bits per heavy atom. The molecule has 0 saturated carbocycles. The first kappa shape index (κ1) is 19.9. The zero-order chi connectivity index (χ0) is 20.1. The third-order valence-electron chi connectivity index (χ3n) is 4.71. The zero-order valence-corrected chi connectivity index (χ0v) is 15.9. The van der Waals surface area contributed by atoms with Crippen molar-refractivity contribution >= 4 is 17.5 Å². The molecule has 2 N–H and O–H groups in total. The Kier molecular flexibility index (Phi) is 6.28. The average Bonchev–Trinajstić information content (AvgIpc) is 2.69. The molecule has 2 aromatic carbocycles. The van der Waals surface area contributed by atoms with Gasteiger partial charge in [0.2, 0.25) is 11.8 Å². The number of benzene rings is 2. The van der Waals surface area contributed by atoms with Gasteiger partial charge >= 0.3 is 0 Å². The molecule has 1 aliphatic rings. The Labute approximate surface area is 163 Å². The summed E-state index contributed by atoms with van der Waals surface area (Å²) < 4.78 is 10.8. The van der Waals surface area contributed by atoms with E-state index in [-0.39, 0.29) is 25.0 Å². The lowest BCUT2D eigenvalue weighted by Crippen LogP contribution is -2.51. The fourth-order valence-corrected chi connectivity index (χ4v) is 3.30. The summed E-state index contributed by atoms with van der Waals surface area (Å²) in [5.74, 6) is 0.341. The molecule has 0 spiro atoms. The molecule has 148 valence electrons. The number of aliphatic hydroxyl groups is 1. The highest BCUT2D eigenvalue weighted by Crippen LogP contribution is 2.28. The van der Waals surface area contributed by atoms with E-state index in [0.29, 0.717) is 23.5 Å². The van der Waals surface area contributed by atoms with Crippen molar-refractivity contribution in [2.75, 3.05) is 25.6 Å². The molecule has 7 nitrogen and oxygen atoms in total. The van der Waals surface area contributed by atoms with E-state index < -0.39 is 12.1 Å². The first-order valence-corrected chi connectivity index (χ1v) is 9.04. The second-order valence-electron chi connectivity index (χ2n) is 6.66. The normalized spacial score (nSPS) is 17.9. The first-order valence-electron chi connectivity index (χ1n) is 9.04. The Bertz CT molecular complexity index is 837. The number of amides is 2. The van der Waals surface area contributed by atoms with Gasteiger partial charge in [0.1, 0.15) is 18.5 Å². The lowest BCUT2D eigenvalue weighted by Gasteiger charge is -2.38. The SMILES string of the molecule is COc1ccccc1CN1C(=O)COCC1C(O)c1ccc(NC(C)=O)cc1. The number of hydrogen-bond acceptors (Lipinski definition) is 5. The molecule has 7 heteroatoms. The van der Waals surface area contributed by atoms with Crippen LogP contribution in [0.4, 0.5) is 5.69 Å². The Balaban J connectivity index is 1.81. The standard InChI is InChI=1S/C21H24N2O5/c1-14(24)22-17-9-7-15(8-10-17)21(26)18-12-28-13-20(25)23(18)11-16-5-3-4-6-19(16)27-2/h3-10,18,21,26H,11-13H2,1-2H3,(H,22,24). The lowest BCUT2D eigenvalue weighted by molar-refractivity contribution is -0.155. The summed E-state index contributed by atoms with van der Waals surface area (Å²) in [6.45, 7) is 1.97. The van der Waals surface area contributed by atoms with Gasteiger partial charge in [-0.15, -0.1) is 0 Å². The van der Waals surface area contributed by atoms with E-state index in [1.165, 1.54) is 6.92 Å². The molecule has 1 aliphatic heterocycles. The van der Waals surface area contributed by atoms with E-state index in [2.05, 4.69) is 5.32 Å². The van der Waals surface area contributed by atoms with Crippen LogP contribution in [0.3, 0.4) is 0 Å². The predicted molar refractivity (Wildman–Crippen MR) is 104 cm³/mol. The molecular formula is C21H24N2O5. The Morgan fingerprint density at radius 3 is 2.68 bits per heavy atom. The Morgan fingerprint density at radius 2 is 2.00 bits per heavy atom. The third-order valence-corrected chi connectivity index (χ3v) is 4.71. The number of para-hydroxylation sites is 1. The second kappa shape index (κ2) is 8.86. The highest BCUT2D eigenvalue weighted by molar-refractivity contribution is 5.88. The molecular weight excluding hydrogens is 360 g/mol. The number of hydrogen-bond donors (Lipinski definition) is 2. The van der Waals surface area contributed by atoms with Crippen molar-refractivity contribution < 1.29 is 24.2 Å². The quantitative estimate of drug-likeness (QED) is 0.797. The maximum absolute atomic E-state index is 12.5. The van der Waals surface area contributed by atoms with Gasteiger partial charge in [-0.3, -0.25) is 9.59 Å².